The minimum atomic E-state index is -0.840. The standard InChI is InChI=1S/C28H39N3O4/c1-7-20(3)31(24(32)19-30-27(34)35-28(4,5)6)25(23-16-14-21(8-2)15-17-23)26(33)29-18-22-12-10-9-11-13-22/h9-17,20,25H,7-8,18-19H2,1-6H3,(H,29,33)(H,30,34). The van der Waals surface area contributed by atoms with Gasteiger partial charge in [-0.25, -0.2) is 4.79 Å². The molecule has 2 atom stereocenters. The number of nitrogens with one attached hydrogen (secondary N) is 2. The molecule has 7 heteroatoms. The largest absolute Gasteiger partial charge is 0.444 e. The number of carbonyl (C=O) groups excluding carboxylic acids is 3. The zero-order valence-corrected chi connectivity index (χ0v) is 21.8. The number of hydrogen-bond acceptors (Lipinski definition) is 4. The Morgan fingerprint density at radius 3 is 2.09 bits per heavy atom. The van der Waals surface area contributed by atoms with Gasteiger partial charge in [-0.2, -0.15) is 0 Å². The van der Waals surface area contributed by atoms with E-state index >= 15 is 0 Å². The van der Waals surface area contributed by atoms with E-state index in [2.05, 4.69) is 17.6 Å². The van der Waals surface area contributed by atoms with Crippen LogP contribution in [0, 0.1) is 0 Å². The topological polar surface area (TPSA) is 87.7 Å². The molecule has 7 nitrogen and oxygen atoms in total. The fraction of sp³-hybridized carbons (Fsp3) is 0.464. The van der Waals surface area contributed by atoms with Crippen LogP contribution >= 0.6 is 0 Å². The van der Waals surface area contributed by atoms with Gasteiger partial charge in [-0.1, -0.05) is 68.4 Å². The summed E-state index contributed by atoms with van der Waals surface area (Å²) in [5, 5.41) is 5.53. The van der Waals surface area contributed by atoms with Crippen LogP contribution in [0.3, 0.4) is 0 Å². The van der Waals surface area contributed by atoms with Crippen molar-refractivity contribution in [3.63, 3.8) is 0 Å². The molecule has 2 unspecified atom stereocenters. The highest BCUT2D eigenvalue weighted by atomic mass is 16.6. The van der Waals surface area contributed by atoms with Crippen molar-refractivity contribution in [2.75, 3.05) is 6.54 Å². The maximum atomic E-state index is 13.5. The summed E-state index contributed by atoms with van der Waals surface area (Å²) in [6.45, 7) is 11.3. The molecule has 3 amide bonds. The molecule has 0 aliphatic heterocycles. The summed E-state index contributed by atoms with van der Waals surface area (Å²) in [5.74, 6) is -0.631. The van der Waals surface area contributed by atoms with Crippen LogP contribution in [0.25, 0.3) is 0 Å². The average Bonchev–Trinajstić information content (AvgIpc) is 2.83. The van der Waals surface area contributed by atoms with E-state index in [1.54, 1.807) is 25.7 Å². The van der Waals surface area contributed by atoms with Crippen LogP contribution in [0.15, 0.2) is 54.6 Å². The highest BCUT2D eigenvalue weighted by Crippen LogP contribution is 2.26. The van der Waals surface area contributed by atoms with Crippen LogP contribution in [0.5, 0.6) is 0 Å². The fourth-order valence-corrected chi connectivity index (χ4v) is 3.65. The summed E-state index contributed by atoms with van der Waals surface area (Å²) >= 11 is 0. The van der Waals surface area contributed by atoms with E-state index < -0.39 is 17.7 Å². The van der Waals surface area contributed by atoms with E-state index in [0.29, 0.717) is 13.0 Å². The van der Waals surface area contributed by atoms with Crippen molar-refractivity contribution in [1.29, 1.82) is 0 Å². The van der Waals surface area contributed by atoms with E-state index in [0.717, 1.165) is 23.1 Å². The molecule has 0 aromatic heterocycles. The number of rotatable bonds is 10. The second-order valence-electron chi connectivity index (χ2n) is 9.61. The molecular weight excluding hydrogens is 442 g/mol. The third kappa shape index (κ3) is 8.74. The van der Waals surface area contributed by atoms with Gasteiger partial charge in [0.15, 0.2) is 0 Å². The lowest BCUT2D eigenvalue weighted by molar-refractivity contribution is -0.142. The predicted octanol–water partition coefficient (Wildman–Crippen LogP) is 4.76. The SMILES string of the molecule is CCc1ccc(C(C(=O)NCc2ccccc2)N(C(=O)CNC(=O)OC(C)(C)C)C(C)CC)cc1. The smallest absolute Gasteiger partial charge is 0.408 e. The number of aryl methyl sites for hydroxylation is 1. The summed E-state index contributed by atoms with van der Waals surface area (Å²) in [7, 11) is 0. The molecule has 0 heterocycles. The Labute approximate surface area is 209 Å². The van der Waals surface area contributed by atoms with Gasteiger partial charge in [0.2, 0.25) is 11.8 Å². The van der Waals surface area contributed by atoms with Crippen molar-refractivity contribution in [3.05, 3.63) is 71.3 Å². The van der Waals surface area contributed by atoms with Crippen molar-refractivity contribution in [2.45, 2.75) is 78.6 Å². The molecule has 2 N–H and O–H groups in total. The lowest BCUT2D eigenvalue weighted by Crippen LogP contribution is -2.51. The van der Waals surface area contributed by atoms with Crippen molar-refractivity contribution < 1.29 is 19.1 Å². The summed E-state index contributed by atoms with van der Waals surface area (Å²) in [5.41, 5.74) is 2.16. The maximum absolute atomic E-state index is 13.5. The molecule has 0 bridgehead atoms. The summed E-state index contributed by atoms with van der Waals surface area (Å²) in [4.78, 5) is 40.7. The first-order valence-corrected chi connectivity index (χ1v) is 12.2. The lowest BCUT2D eigenvalue weighted by Gasteiger charge is -2.36. The van der Waals surface area contributed by atoms with E-state index in [1.807, 2.05) is 68.4 Å². The summed E-state index contributed by atoms with van der Waals surface area (Å²) in [6.07, 6.45) is 0.847. The molecule has 35 heavy (non-hydrogen) atoms. The van der Waals surface area contributed by atoms with Gasteiger partial charge >= 0.3 is 6.09 Å². The van der Waals surface area contributed by atoms with E-state index in [-0.39, 0.29) is 24.4 Å². The Kier molecular flexibility index (Phi) is 10.3. The van der Waals surface area contributed by atoms with Crippen LogP contribution in [0.2, 0.25) is 0 Å². The van der Waals surface area contributed by atoms with Crippen LogP contribution in [0.1, 0.15) is 70.7 Å². The molecule has 0 radical (unpaired) electrons. The number of amides is 3. The van der Waals surface area contributed by atoms with Gasteiger partial charge in [0.25, 0.3) is 0 Å². The predicted molar refractivity (Wildman–Crippen MR) is 138 cm³/mol. The quantitative estimate of drug-likeness (QED) is 0.512. The highest BCUT2D eigenvalue weighted by molar-refractivity contribution is 5.90. The molecule has 0 fully saturated rings. The van der Waals surface area contributed by atoms with Gasteiger partial charge in [0.05, 0.1) is 0 Å². The minimum Gasteiger partial charge on any atom is -0.444 e. The number of carbonyl (C=O) groups is 3. The lowest BCUT2D eigenvalue weighted by atomic mass is 9.99. The number of hydrogen-bond donors (Lipinski definition) is 2. The van der Waals surface area contributed by atoms with Crippen LogP contribution in [-0.4, -0.2) is 41.0 Å². The minimum absolute atomic E-state index is 0.235. The molecule has 2 rings (SSSR count). The number of nitrogens with zero attached hydrogens (tertiary/aromatic N) is 1. The highest BCUT2D eigenvalue weighted by Gasteiger charge is 2.34. The van der Waals surface area contributed by atoms with Gasteiger partial charge in [-0.05, 0) is 57.2 Å². The molecule has 0 saturated carbocycles. The van der Waals surface area contributed by atoms with E-state index in [4.69, 9.17) is 4.74 Å². The Morgan fingerprint density at radius 2 is 1.54 bits per heavy atom. The van der Waals surface area contributed by atoms with Crippen LogP contribution in [0.4, 0.5) is 4.79 Å². The van der Waals surface area contributed by atoms with Crippen LogP contribution in [-0.2, 0) is 27.3 Å². The first-order valence-electron chi connectivity index (χ1n) is 12.2. The summed E-state index contributed by atoms with van der Waals surface area (Å²) in [6, 6.07) is 16.3. The molecule has 2 aromatic carbocycles. The molecule has 0 aliphatic carbocycles. The molecule has 0 aliphatic rings. The van der Waals surface area contributed by atoms with Crippen molar-refractivity contribution in [3.8, 4) is 0 Å². The molecule has 190 valence electrons. The van der Waals surface area contributed by atoms with E-state index in [1.165, 1.54) is 0 Å². The first-order chi connectivity index (χ1) is 16.6. The number of ether oxygens (including phenoxy) is 1. The van der Waals surface area contributed by atoms with Gasteiger partial charge in [-0.15, -0.1) is 0 Å². The van der Waals surface area contributed by atoms with Gasteiger partial charge in [-0.3, -0.25) is 9.59 Å². The second-order valence-corrected chi connectivity index (χ2v) is 9.61. The zero-order valence-electron chi connectivity index (χ0n) is 21.8. The Balaban J connectivity index is 2.32. The monoisotopic (exact) mass is 481 g/mol. The van der Waals surface area contributed by atoms with Gasteiger partial charge in [0, 0.05) is 12.6 Å². The Hall–Kier alpha value is -3.35. The van der Waals surface area contributed by atoms with Gasteiger partial charge in [0.1, 0.15) is 18.2 Å². The maximum Gasteiger partial charge on any atom is 0.408 e. The van der Waals surface area contributed by atoms with Crippen LogP contribution < -0.4 is 10.6 Å². The Bertz CT molecular complexity index is 968. The third-order valence-electron chi connectivity index (χ3n) is 5.68. The van der Waals surface area contributed by atoms with Crippen molar-refractivity contribution in [1.82, 2.24) is 15.5 Å². The van der Waals surface area contributed by atoms with E-state index in [9.17, 15) is 14.4 Å². The molecular formula is C28H39N3O4. The second kappa shape index (κ2) is 12.9. The zero-order chi connectivity index (χ0) is 26.0. The summed E-state index contributed by atoms with van der Waals surface area (Å²) < 4.78 is 5.26. The normalized spacial score (nSPS) is 12.9. The van der Waals surface area contributed by atoms with Crippen molar-refractivity contribution in [2.24, 2.45) is 0 Å². The number of benzene rings is 2. The fourth-order valence-electron chi connectivity index (χ4n) is 3.65. The van der Waals surface area contributed by atoms with Crippen molar-refractivity contribution >= 4 is 17.9 Å². The third-order valence-corrected chi connectivity index (χ3v) is 5.68. The molecule has 2 aromatic rings. The molecule has 0 saturated heterocycles. The van der Waals surface area contributed by atoms with Gasteiger partial charge < -0.3 is 20.3 Å². The first kappa shape index (κ1) is 27.9. The number of alkyl carbamates (subject to hydrolysis) is 1. The Morgan fingerprint density at radius 1 is 0.914 bits per heavy atom. The average molecular weight is 482 g/mol. The molecule has 0 spiro atoms.